The lowest BCUT2D eigenvalue weighted by Crippen LogP contribution is -2.48. The molecule has 2 atom stereocenters. The van der Waals surface area contributed by atoms with Gasteiger partial charge in [0.05, 0.1) is 18.0 Å². The van der Waals surface area contributed by atoms with Crippen LogP contribution in [0, 0.1) is 0 Å². The molecule has 122 valence electrons. The standard InChI is InChI=1S/C16H20N4O2S/c1-11-8-20(9-12(2)22-11)14(21)10-23-16-17-15(18-19-16)13-6-4-3-5-7-13/h3-7,11-12H,8-10H2,1-2H3,(H,17,18,19)/t11-,12+. The minimum Gasteiger partial charge on any atom is -0.372 e. The molecular formula is C16H20N4O2S. The molecule has 0 spiro atoms. The highest BCUT2D eigenvalue weighted by molar-refractivity contribution is 7.99. The normalized spacial score (nSPS) is 21.4. The van der Waals surface area contributed by atoms with E-state index in [-0.39, 0.29) is 18.1 Å². The number of carbonyl (C=O) groups is 1. The number of aromatic amines is 1. The third-order valence-corrected chi connectivity index (χ3v) is 4.44. The maximum absolute atomic E-state index is 12.3. The molecule has 1 aliphatic rings. The van der Waals surface area contributed by atoms with Crippen molar-refractivity contribution >= 4 is 17.7 Å². The quantitative estimate of drug-likeness (QED) is 0.869. The van der Waals surface area contributed by atoms with Gasteiger partial charge in [-0.2, -0.15) is 0 Å². The van der Waals surface area contributed by atoms with Crippen LogP contribution in [0.25, 0.3) is 11.4 Å². The summed E-state index contributed by atoms with van der Waals surface area (Å²) in [5.41, 5.74) is 0.981. The van der Waals surface area contributed by atoms with Crippen molar-refractivity contribution in [2.75, 3.05) is 18.8 Å². The Labute approximate surface area is 139 Å². The van der Waals surface area contributed by atoms with Crippen molar-refractivity contribution in [1.29, 1.82) is 0 Å². The highest BCUT2D eigenvalue weighted by atomic mass is 32.2. The van der Waals surface area contributed by atoms with Gasteiger partial charge >= 0.3 is 0 Å². The number of nitrogens with zero attached hydrogens (tertiary/aromatic N) is 3. The first-order valence-electron chi connectivity index (χ1n) is 7.65. The van der Waals surface area contributed by atoms with Crippen molar-refractivity contribution in [3.63, 3.8) is 0 Å². The predicted molar refractivity (Wildman–Crippen MR) is 89.1 cm³/mol. The molecule has 7 heteroatoms. The largest absolute Gasteiger partial charge is 0.372 e. The second-order valence-electron chi connectivity index (χ2n) is 5.68. The van der Waals surface area contributed by atoms with Gasteiger partial charge in [-0.1, -0.05) is 42.1 Å². The Balaban J connectivity index is 1.56. The van der Waals surface area contributed by atoms with Gasteiger partial charge in [0.25, 0.3) is 0 Å². The molecule has 1 aromatic carbocycles. The zero-order valence-corrected chi connectivity index (χ0v) is 14.0. The zero-order valence-electron chi connectivity index (χ0n) is 13.2. The molecular weight excluding hydrogens is 312 g/mol. The van der Waals surface area contributed by atoms with Crippen LogP contribution in [0.5, 0.6) is 0 Å². The lowest BCUT2D eigenvalue weighted by atomic mass is 10.2. The van der Waals surface area contributed by atoms with E-state index in [1.807, 2.05) is 49.1 Å². The zero-order chi connectivity index (χ0) is 16.2. The summed E-state index contributed by atoms with van der Waals surface area (Å²) in [6.45, 7) is 5.27. The van der Waals surface area contributed by atoms with E-state index in [0.29, 0.717) is 29.8 Å². The highest BCUT2D eigenvalue weighted by Gasteiger charge is 2.25. The van der Waals surface area contributed by atoms with Gasteiger partial charge in [0, 0.05) is 18.7 Å². The van der Waals surface area contributed by atoms with Gasteiger partial charge in [-0.3, -0.25) is 9.89 Å². The Morgan fingerprint density at radius 1 is 1.30 bits per heavy atom. The van der Waals surface area contributed by atoms with Crippen LogP contribution in [0.15, 0.2) is 35.5 Å². The Morgan fingerprint density at radius 2 is 2.00 bits per heavy atom. The van der Waals surface area contributed by atoms with Crippen molar-refractivity contribution in [2.45, 2.75) is 31.2 Å². The van der Waals surface area contributed by atoms with Crippen molar-refractivity contribution in [3.05, 3.63) is 30.3 Å². The molecule has 1 N–H and O–H groups in total. The topological polar surface area (TPSA) is 71.1 Å². The number of thioether (sulfide) groups is 1. The lowest BCUT2D eigenvalue weighted by Gasteiger charge is -2.35. The average Bonchev–Trinajstić information content (AvgIpc) is 3.01. The molecule has 1 aromatic heterocycles. The van der Waals surface area contributed by atoms with Gasteiger partial charge in [-0.05, 0) is 13.8 Å². The minimum absolute atomic E-state index is 0.0842. The molecule has 1 amide bonds. The van der Waals surface area contributed by atoms with E-state index in [4.69, 9.17) is 4.74 Å². The first kappa shape index (κ1) is 16.0. The summed E-state index contributed by atoms with van der Waals surface area (Å²) in [7, 11) is 0. The van der Waals surface area contributed by atoms with Crippen LogP contribution < -0.4 is 0 Å². The Morgan fingerprint density at radius 3 is 2.70 bits per heavy atom. The maximum atomic E-state index is 12.3. The van der Waals surface area contributed by atoms with E-state index in [1.165, 1.54) is 11.8 Å². The predicted octanol–water partition coefficient (Wildman–Crippen LogP) is 2.20. The number of H-pyrrole nitrogens is 1. The number of carbonyl (C=O) groups excluding carboxylic acids is 1. The van der Waals surface area contributed by atoms with E-state index >= 15 is 0 Å². The molecule has 0 saturated carbocycles. The summed E-state index contributed by atoms with van der Waals surface area (Å²) >= 11 is 1.35. The van der Waals surface area contributed by atoms with Crippen LogP contribution in [0.1, 0.15) is 13.8 Å². The number of morpholine rings is 1. The maximum Gasteiger partial charge on any atom is 0.233 e. The van der Waals surface area contributed by atoms with Gasteiger partial charge in [0.2, 0.25) is 11.1 Å². The summed E-state index contributed by atoms with van der Waals surface area (Å²) < 4.78 is 5.65. The van der Waals surface area contributed by atoms with Crippen LogP contribution >= 0.6 is 11.8 Å². The number of amides is 1. The van der Waals surface area contributed by atoms with Crippen molar-refractivity contribution in [2.24, 2.45) is 0 Å². The Hall–Kier alpha value is -1.86. The summed E-state index contributed by atoms with van der Waals surface area (Å²) in [5, 5.41) is 7.67. The fourth-order valence-corrected chi connectivity index (χ4v) is 3.34. The van der Waals surface area contributed by atoms with Gasteiger partial charge in [-0.25, -0.2) is 4.98 Å². The second kappa shape index (κ2) is 7.14. The molecule has 1 saturated heterocycles. The van der Waals surface area contributed by atoms with Crippen molar-refractivity contribution in [1.82, 2.24) is 20.1 Å². The molecule has 0 aliphatic carbocycles. The molecule has 0 unspecified atom stereocenters. The number of rotatable bonds is 4. The van der Waals surface area contributed by atoms with Crippen LogP contribution in [0.4, 0.5) is 0 Å². The van der Waals surface area contributed by atoms with Gasteiger partial charge in [0.15, 0.2) is 5.82 Å². The van der Waals surface area contributed by atoms with Crippen LogP contribution in [0.2, 0.25) is 0 Å². The number of hydrogen-bond donors (Lipinski definition) is 1. The molecule has 6 nitrogen and oxygen atoms in total. The molecule has 1 fully saturated rings. The Bertz CT molecular complexity index is 651. The number of ether oxygens (including phenoxy) is 1. The molecule has 23 heavy (non-hydrogen) atoms. The fraction of sp³-hybridized carbons (Fsp3) is 0.438. The number of aromatic nitrogens is 3. The third kappa shape index (κ3) is 4.11. The SMILES string of the molecule is C[C@@H]1CN(C(=O)CSc2n[nH]c(-c3ccccc3)n2)C[C@H](C)O1. The number of benzene rings is 1. The molecule has 2 heterocycles. The lowest BCUT2D eigenvalue weighted by molar-refractivity contribution is -0.140. The molecule has 0 bridgehead atoms. The van der Waals surface area contributed by atoms with Crippen LogP contribution in [0.3, 0.4) is 0 Å². The van der Waals surface area contributed by atoms with E-state index < -0.39 is 0 Å². The van der Waals surface area contributed by atoms with E-state index in [1.54, 1.807) is 0 Å². The van der Waals surface area contributed by atoms with Crippen molar-refractivity contribution in [3.8, 4) is 11.4 Å². The second-order valence-corrected chi connectivity index (χ2v) is 6.62. The number of hydrogen-bond acceptors (Lipinski definition) is 5. The molecule has 1 aliphatic heterocycles. The molecule has 3 rings (SSSR count). The van der Waals surface area contributed by atoms with Gasteiger partial charge in [-0.15, -0.1) is 5.10 Å². The first-order chi connectivity index (χ1) is 11.1. The Kier molecular flexibility index (Phi) is 4.97. The summed E-state index contributed by atoms with van der Waals surface area (Å²) in [6, 6.07) is 9.80. The van der Waals surface area contributed by atoms with Gasteiger partial charge < -0.3 is 9.64 Å². The fourth-order valence-electron chi connectivity index (χ4n) is 2.64. The smallest absolute Gasteiger partial charge is 0.233 e. The van der Waals surface area contributed by atoms with Gasteiger partial charge in [0.1, 0.15) is 0 Å². The molecule has 0 radical (unpaired) electrons. The summed E-state index contributed by atoms with van der Waals surface area (Å²) in [6.07, 6.45) is 0.168. The minimum atomic E-state index is 0.0842. The van der Waals surface area contributed by atoms with Crippen molar-refractivity contribution < 1.29 is 9.53 Å². The van der Waals surface area contributed by atoms with E-state index in [9.17, 15) is 4.79 Å². The highest BCUT2D eigenvalue weighted by Crippen LogP contribution is 2.20. The van der Waals surface area contributed by atoms with E-state index in [2.05, 4.69) is 15.2 Å². The summed E-state index contributed by atoms with van der Waals surface area (Å²) in [4.78, 5) is 18.6. The molecule has 2 aromatic rings. The third-order valence-electron chi connectivity index (χ3n) is 3.61. The summed E-state index contributed by atoms with van der Waals surface area (Å²) in [5.74, 6) is 1.16. The van der Waals surface area contributed by atoms with Crippen LogP contribution in [-0.2, 0) is 9.53 Å². The first-order valence-corrected chi connectivity index (χ1v) is 8.64. The average molecular weight is 332 g/mol. The van der Waals surface area contributed by atoms with Crippen LogP contribution in [-0.4, -0.2) is 57.0 Å². The van der Waals surface area contributed by atoms with E-state index in [0.717, 1.165) is 5.56 Å². The number of nitrogens with one attached hydrogen (secondary N) is 1. The monoisotopic (exact) mass is 332 g/mol.